The maximum atomic E-state index is 11.6. The maximum Gasteiger partial charge on any atom is 0.378 e. The van der Waals surface area contributed by atoms with Gasteiger partial charge in [-0.25, -0.2) is 9.48 Å². The van der Waals surface area contributed by atoms with Gasteiger partial charge in [0.15, 0.2) is 0 Å². The zero-order valence-corrected chi connectivity index (χ0v) is 11.2. The van der Waals surface area contributed by atoms with E-state index in [1.807, 2.05) is 0 Å². The Morgan fingerprint density at radius 2 is 2.22 bits per heavy atom. The van der Waals surface area contributed by atoms with Crippen molar-refractivity contribution < 1.29 is 9.53 Å². The second-order valence-corrected chi connectivity index (χ2v) is 5.25. The Kier molecular flexibility index (Phi) is 3.93. The molecule has 0 aliphatic heterocycles. The van der Waals surface area contributed by atoms with Crippen LogP contribution in [0.2, 0.25) is 0 Å². The van der Waals surface area contributed by atoms with Crippen LogP contribution in [-0.4, -0.2) is 32.8 Å². The molecule has 1 aliphatic rings. The van der Waals surface area contributed by atoms with Gasteiger partial charge in [-0.1, -0.05) is 13.8 Å². The summed E-state index contributed by atoms with van der Waals surface area (Å²) in [6, 6.07) is 0. The topological polar surface area (TPSA) is 69.9 Å². The van der Waals surface area contributed by atoms with Crippen molar-refractivity contribution in [2.75, 3.05) is 6.61 Å². The van der Waals surface area contributed by atoms with Gasteiger partial charge in [-0.2, -0.15) is 0 Å². The third-order valence-electron chi connectivity index (χ3n) is 3.64. The van der Waals surface area contributed by atoms with E-state index in [4.69, 9.17) is 4.74 Å². The van der Waals surface area contributed by atoms with E-state index in [1.54, 1.807) is 11.6 Å². The van der Waals surface area contributed by atoms with Gasteiger partial charge in [-0.05, 0) is 47.9 Å². The number of esters is 1. The number of rotatable bonds is 5. The maximum absolute atomic E-state index is 11.6. The number of carbonyl (C=O) groups excluding carboxylic acids is 1. The molecular formula is C12H20N4O2. The zero-order valence-electron chi connectivity index (χ0n) is 11.2. The first-order valence-corrected chi connectivity index (χ1v) is 6.55. The van der Waals surface area contributed by atoms with E-state index in [0.29, 0.717) is 19.1 Å². The molecule has 100 valence electrons. The molecule has 1 saturated carbocycles. The van der Waals surface area contributed by atoms with Crippen LogP contribution in [0.25, 0.3) is 0 Å². The monoisotopic (exact) mass is 252 g/mol. The van der Waals surface area contributed by atoms with Crippen molar-refractivity contribution >= 4 is 5.97 Å². The Morgan fingerprint density at radius 1 is 1.50 bits per heavy atom. The molecule has 0 saturated heterocycles. The van der Waals surface area contributed by atoms with Crippen molar-refractivity contribution in [3.05, 3.63) is 5.82 Å². The van der Waals surface area contributed by atoms with E-state index in [0.717, 1.165) is 11.8 Å². The summed E-state index contributed by atoms with van der Waals surface area (Å²) in [5, 5.41) is 11.1. The number of carbonyl (C=O) groups is 1. The Morgan fingerprint density at radius 3 is 2.83 bits per heavy atom. The molecule has 1 aliphatic carbocycles. The summed E-state index contributed by atoms with van der Waals surface area (Å²) in [4.78, 5) is 11.6. The molecule has 2 rings (SSSR count). The fraction of sp³-hybridized carbons (Fsp3) is 0.833. The van der Waals surface area contributed by atoms with Crippen LogP contribution < -0.4 is 0 Å². The van der Waals surface area contributed by atoms with Crippen LogP contribution in [0.15, 0.2) is 0 Å². The average Bonchev–Trinajstić information content (AvgIpc) is 2.70. The summed E-state index contributed by atoms with van der Waals surface area (Å²) in [6.45, 7) is 7.32. The fourth-order valence-corrected chi connectivity index (χ4v) is 2.39. The van der Waals surface area contributed by atoms with Crippen LogP contribution in [0.3, 0.4) is 0 Å². The average molecular weight is 252 g/mol. The molecule has 0 unspecified atom stereocenters. The summed E-state index contributed by atoms with van der Waals surface area (Å²) in [5.41, 5.74) is 0. The molecule has 1 fully saturated rings. The fourth-order valence-electron chi connectivity index (χ4n) is 2.39. The van der Waals surface area contributed by atoms with Crippen LogP contribution in [-0.2, 0) is 11.3 Å². The summed E-state index contributed by atoms with van der Waals surface area (Å²) in [7, 11) is 0. The Bertz CT molecular complexity index is 410. The van der Waals surface area contributed by atoms with E-state index in [1.165, 1.54) is 12.8 Å². The quantitative estimate of drug-likeness (QED) is 0.743. The van der Waals surface area contributed by atoms with Crippen molar-refractivity contribution in [1.82, 2.24) is 20.2 Å². The van der Waals surface area contributed by atoms with Gasteiger partial charge < -0.3 is 4.74 Å². The highest BCUT2D eigenvalue weighted by molar-refractivity contribution is 5.85. The van der Waals surface area contributed by atoms with Crippen LogP contribution >= 0.6 is 0 Å². The van der Waals surface area contributed by atoms with Crippen LogP contribution in [0.1, 0.15) is 44.2 Å². The van der Waals surface area contributed by atoms with Gasteiger partial charge in [0.2, 0.25) is 0 Å². The van der Waals surface area contributed by atoms with Gasteiger partial charge in [0.05, 0.1) is 6.61 Å². The minimum absolute atomic E-state index is 0.213. The van der Waals surface area contributed by atoms with E-state index in [9.17, 15) is 4.79 Å². The minimum Gasteiger partial charge on any atom is -0.460 e. The first-order valence-electron chi connectivity index (χ1n) is 6.55. The van der Waals surface area contributed by atoms with Crippen LogP contribution in [0.4, 0.5) is 0 Å². The van der Waals surface area contributed by atoms with Gasteiger partial charge >= 0.3 is 5.97 Å². The predicted molar refractivity (Wildman–Crippen MR) is 64.8 cm³/mol. The second-order valence-electron chi connectivity index (χ2n) is 5.25. The molecule has 0 N–H and O–H groups in total. The molecular weight excluding hydrogens is 232 g/mol. The van der Waals surface area contributed by atoms with Crippen molar-refractivity contribution in [2.45, 2.75) is 40.2 Å². The number of hydrogen-bond donors (Lipinski definition) is 0. The van der Waals surface area contributed by atoms with Crippen molar-refractivity contribution in [3.8, 4) is 0 Å². The van der Waals surface area contributed by atoms with Gasteiger partial charge in [0.1, 0.15) is 0 Å². The first-order chi connectivity index (χ1) is 8.61. The molecule has 0 radical (unpaired) electrons. The lowest BCUT2D eigenvalue weighted by molar-refractivity contribution is 0.0496. The number of tetrazole rings is 1. The highest BCUT2D eigenvalue weighted by atomic mass is 16.5. The van der Waals surface area contributed by atoms with Gasteiger partial charge in [0.25, 0.3) is 5.82 Å². The summed E-state index contributed by atoms with van der Waals surface area (Å²) >= 11 is 0. The molecule has 0 atom stereocenters. The molecule has 0 amide bonds. The van der Waals surface area contributed by atoms with Gasteiger partial charge in [-0.3, -0.25) is 0 Å². The lowest BCUT2D eigenvalue weighted by atomic mass is 9.69. The molecule has 6 heteroatoms. The van der Waals surface area contributed by atoms with Crippen LogP contribution in [0.5, 0.6) is 0 Å². The van der Waals surface area contributed by atoms with E-state index in [-0.39, 0.29) is 5.82 Å². The number of hydrogen-bond acceptors (Lipinski definition) is 5. The minimum atomic E-state index is -0.442. The molecule has 0 bridgehead atoms. The largest absolute Gasteiger partial charge is 0.460 e. The van der Waals surface area contributed by atoms with Crippen molar-refractivity contribution in [3.63, 3.8) is 0 Å². The predicted octanol–water partition coefficient (Wildman–Crippen LogP) is 1.53. The zero-order chi connectivity index (χ0) is 13.1. The Hall–Kier alpha value is -1.46. The van der Waals surface area contributed by atoms with Gasteiger partial charge in [-0.15, -0.1) is 5.10 Å². The molecule has 1 aromatic heterocycles. The third kappa shape index (κ3) is 2.68. The molecule has 6 nitrogen and oxygen atoms in total. The molecule has 0 spiro atoms. The van der Waals surface area contributed by atoms with Crippen molar-refractivity contribution in [2.24, 2.45) is 17.8 Å². The highest BCUT2D eigenvalue weighted by Gasteiger charge is 2.32. The third-order valence-corrected chi connectivity index (χ3v) is 3.64. The molecule has 18 heavy (non-hydrogen) atoms. The summed E-state index contributed by atoms with van der Waals surface area (Å²) < 4.78 is 6.49. The Labute approximate surface area is 107 Å². The summed E-state index contributed by atoms with van der Waals surface area (Å²) in [6.07, 6.45) is 2.39. The number of ether oxygens (including phenoxy) is 1. The normalized spacial score (nSPS) is 22.9. The molecule has 0 aromatic carbocycles. The van der Waals surface area contributed by atoms with E-state index >= 15 is 0 Å². The second kappa shape index (κ2) is 5.46. The van der Waals surface area contributed by atoms with Crippen LogP contribution in [0, 0.1) is 17.8 Å². The molecule has 1 heterocycles. The molecule has 1 aromatic rings. The number of aromatic nitrogens is 4. The van der Waals surface area contributed by atoms with E-state index in [2.05, 4.69) is 29.4 Å². The van der Waals surface area contributed by atoms with Gasteiger partial charge in [0, 0.05) is 6.54 Å². The highest BCUT2D eigenvalue weighted by Crippen LogP contribution is 2.39. The Balaban J connectivity index is 1.91. The summed E-state index contributed by atoms with van der Waals surface area (Å²) in [5.74, 6) is 1.89. The smallest absolute Gasteiger partial charge is 0.378 e. The van der Waals surface area contributed by atoms with Crippen molar-refractivity contribution in [1.29, 1.82) is 0 Å². The lowest BCUT2D eigenvalue weighted by Gasteiger charge is -2.37. The SMILES string of the molecule is CCOC(=O)c1nnnn1C[C@H]1C[C@@H](C(C)C)C1. The number of nitrogens with zero attached hydrogens (tertiary/aromatic N) is 4. The standard InChI is InChI=1S/C12H20N4O2/c1-4-18-12(17)11-13-14-15-16(11)7-9-5-10(6-9)8(2)3/h8-10H,4-7H2,1-3H3/t9-,10+. The lowest BCUT2D eigenvalue weighted by Crippen LogP contribution is -2.32. The van der Waals surface area contributed by atoms with E-state index < -0.39 is 5.97 Å². The first kappa shape index (κ1) is 13.0.